The Bertz CT molecular complexity index is 318. The standard InChI is InChI=1S/C7H9N5/c8-11-10-4-7-3-9-5-12(7)6-1-2-6/h3,5-6H,1-2,4H2. The van der Waals surface area contributed by atoms with E-state index < -0.39 is 0 Å². The van der Waals surface area contributed by atoms with E-state index in [1.54, 1.807) is 12.5 Å². The molecule has 5 nitrogen and oxygen atoms in total. The van der Waals surface area contributed by atoms with E-state index in [9.17, 15) is 0 Å². The van der Waals surface area contributed by atoms with Gasteiger partial charge >= 0.3 is 0 Å². The van der Waals surface area contributed by atoms with Crippen molar-refractivity contribution in [2.45, 2.75) is 25.4 Å². The number of rotatable bonds is 3. The molecule has 0 N–H and O–H groups in total. The largest absolute Gasteiger partial charge is 0.331 e. The minimum absolute atomic E-state index is 0.410. The van der Waals surface area contributed by atoms with Gasteiger partial charge in [0.25, 0.3) is 0 Å². The van der Waals surface area contributed by atoms with E-state index in [-0.39, 0.29) is 0 Å². The maximum atomic E-state index is 8.14. The first-order chi connectivity index (χ1) is 5.92. The molecule has 0 saturated heterocycles. The minimum atomic E-state index is 0.410. The summed E-state index contributed by atoms with van der Waals surface area (Å²) in [7, 11) is 0. The van der Waals surface area contributed by atoms with E-state index in [0.29, 0.717) is 12.6 Å². The Hall–Kier alpha value is -1.48. The van der Waals surface area contributed by atoms with Crippen molar-refractivity contribution in [3.05, 3.63) is 28.7 Å². The lowest BCUT2D eigenvalue weighted by Crippen LogP contribution is -1.96. The smallest absolute Gasteiger partial charge is 0.0950 e. The first-order valence-corrected chi connectivity index (χ1v) is 3.93. The van der Waals surface area contributed by atoms with Gasteiger partial charge in [-0.1, -0.05) is 5.11 Å². The average molecular weight is 163 g/mol. The summed E-state index contributed by atoms with van der Waals surface area (Å²) in [5.41, 5.74) is 9.15. The number of imidazole rings is 1. The molecular weight excluding hydrogens is 154 g/mol. The predicted molar refractivity (Wildman–Crippen MR) is 43.3 cm³/mol. The Balaban J connectivity index is 2.17. The third-order valence-electron chi connectivity index (χ3n) is 1.98. The van der Waals surface area contributed by atoms with Crippen LogP contribution in [0.25, 0.3) is 10.4 Å². The molecule has 0 atom stereocenters. The number of nitrogens with zero attached hydrogens (tertiary/aromatic N) is 5. The van der Waals surface area contributed by atoms with Gasteiger partial charge in [0, 0.05) is 22.8 Å². The summed E-state index contributed by atoms with van der Waals surface area (Å²) in [6.45, 7) is 0.410. The Kier molecular flexibility index (Phi) is 1.72. The van der Waals surface area contributed by atoms with Gasteiger partial charge in [0.15, 0.2) is 0 Å². The lowest BCUT2D eigenvalue weighted by atomic mass is 10.4. The molecule has 0 radical (unpaired) electrons. The topological polar surface area (TPSA) is 66.6 Å². The summed E-state index contributed by atoms with van der Waals surface area (Å²) < 4.78 is 2.09. The molecule has 0 aromatic carbocycles. The minimum Gasteiger partial charge on any atom is -0.331 e. The highest BCUT2D eigenvalue weighted by Crippen LogP contribution is 2.35. The molecule has 1 heterocycles. The molecule has 0 unspecified atom stereocenters. The average Bonchev–Trinajstić information content (AvgIpc) is 2.83. The molecule has 0 bridgehead atoms. The van der Waals surface area contributed by atoms with Crippen molar-refractivity contribution in [1.82, 2.24) is 9.55 Å². The van der Waals surface area contributed by atoms with Crippen LogP contribution < -0.4 is 0 Å². The van der Waals surface area contributed by atoms with Crippen molar-refractivity contribution >= 4 is 0 Å². The molecule has 0 amide bonds. The zero-order valence-electron chi connectivity index (χ0n) is 6.59. The maximum Gasteiger partial charge on any atom is 0.0950 e. The monoisotopic (exact) mass is 163 g/mol. The fraction of sp³-hybridized carbons (Fsp3) is 0.571. The van der Waals surface area contributed by atoms with Crippen molar-refractivity contribution in [2.24, 2.45) is 5.11 Å². The van der Waals surface area contributed by atoms with Crippen LogP contribution in [0, 0.1) is 0 Å². The zero-order valence-corrected chi connectivity index (χ0v) is 6.59. The van der Waals surface area contributed by atoms with E-state index in [2.05, 4.69) is 19.6 Å². The van der Waals surface area contributed by atoms with Crippen LogP contribution in [0.5, 0.6) is 0 Å². The van der Waals surface area contributed by atoms with Crippen LogP contribution in [0.4, 0.5) is 0 Å². The van der Waals surface area contributed by atoms with Gasteiger partial charge in [-0.05, 0) is 18.4 Å². The van der Waals surface area contributed by atoms with Gasteiger partial charge in [-0.2, -0.15) is 0 Å². The first kappa shape index (κ1) is 7.18. The fourth-order valence-electron chi connectivity index (χ4n) is 1.24. The summed E-state index contributed by atoms with van der Waals surface area (Å²) in [4.78, 5) is 6.73. The molecule has 12 heavy (non-hydrogen) atoms. The number of aromatic nitrogens is 2. The normalized spacial score (nSPS) is 15.7. The molecule has 1 aromatic heterocycles. The molecule has 5 heteroatoms. The number of azide groups is 1. The second kappa shape index (κ2) is 2.87. The van der Waals surface area contributed by atoms with Gasteiger partial charge in [0.2, 0.25) is 0 Å². The Morgan fingerprint density at radius 2 is 2.58 bits per heavy atom. The van der Waals surface area contributed by atoms with Crippen LogP contribution in [0.1, 0.15) is 24.6 Å². The van der Waals surface area contributed by atoms with Crippen molar-refractivity contribution in [3.63, 3.8) is 0 Å². The van der Waals surface area contributed by atoms with Crippen LogP contribution in [-0.2, 0) is 6.54 Å². The van der Waals surface area contributed by atoms with Crippen LogP contribution in [0.3, 0.4) is 0 Å². The van der Waals surface area contributed by atoms with Crippen molar-refractivity contribution in [2.75, 3.05) is 0 Å². The lowest BCUT2D eigenvalue weighted by Gasteiger charge is -2.01. The van der Waals surface area contributed by atoms with Crippen molar-refractivity contribution < 1.29 is 0 Å². The summed E-state index contributed by atoms with van der Waals surface area (Å²) >= 11 is 0. The zero-order chi connectivity index (χ0) is 8.39. The lowest BCUT2D eigenvalue weighted by molar-refractivity contribution is 0.693. The maximum absolute atomic E-state index is 8.14. The second-order valence-electron chi connectivity index (χ2n) is 2.91. The fourth-order valence-corrected chi connectivity index (χ4v) is 1.24. The Morgan fingerprint density at radius 3 is 3.25 bits per heavy atom. The molecule has 0 aliphatic heterocycles. The van der Waals surface area contributed by atoms with E-state index in [0.717, 1.165) is 5.69 Å². The second-order valence-corrected chi connectivity index (χ2v) is 2.91. The van der Waals surface area contributed by atoms with E-state index in [4.69, 9.17) is 5.53 Å². The van der Waals surface area contributed by atoms with Crippen molar-refractivity contribution in [1.29, 1.82) is 0 Å². The van der Waals surface area contributed by atoms with Gasteiger partial charge in [0.1, 0.15) is 0 Å². The van der Waals surface area contributed by atoms with Crippen LogP contribution in [0.2, 0.25) is 0 Å². The molecule has 1 fully saturated rings. The highest BCUT2D eigenvalue weighted by Gasteiger charge is 2.24. The SMILES string of the molecule is [N-]=[N+]=NCc1cncn1C1CC1. The third-order valence-corrected chi connectivity index (χ3v) is 1.98. The summed E-state index contributed by atoms with van der Waals surface area (Å²) in [5.74, 6) is 0. The quantitative estimate of drug-likeness (QED) is 0.382. The number of hydrogen-bond acceptors (Lipinski definition) is 2. The van der Waals surface area contributed by atoms with E-state index in [1.807, 2.05) is 0 Å². The van der Waals surface area contributed by atoms with Gasteiger partial charge in [0.05, 0.1) is 12.9 Å². The molecule has 1 saturated carbocycles. The van der Waals surface area contributed by atoms with Gasteiger partial charge in [-0.3, -0.25) is 0 Å². The Morgan fingerprint density at radius 1 is 1.75 bits per heavy atom. The van der Waals surface area contributed by atoms with Gasteiger partial charge in [-0.15, -0.1) is 0 Å². The van der Waals surface area contributed by atoms with Crippen LogP contribution in [-0.4, -0.2) is 9.55 Å². The molecule has 0 spiro atoms. The van der Waals surface area contributed by atoms with Crippen LogP contribution in [0.15, 0.2) is 17.6 Å². The highest BCUT2D eigenvalue weighted by molar-refractivity contribution is 5.03. The van der Waals surface area contributed by atoms with Crippen LogP contribution >= 0.6 is 0 Å². The molecule has 1 aromatic rings. The van der Waals surface area contributed by atoms with E-state index in [1.165, 1.54) is 12.8 Å². The highest BCUT2D eigenvalue weighted by atomic mass is 15.2. The molecule has 62 valence electrons. The summed E-state index contributed by atoms with van der Waals surface area (Å²) in [6, 6.07) is 0.608. The van der Waals surface area contributed by atoms with Crippen molar-refractivity contribution in [3.8, 4) is 0 Å². The summed E-state index contributed by atoms with van der Waals surface area (Å²) in [5, 5.41) is 3.50. The van der Waals surface area contributed by atoms with Gasteiger partial charge in [-0.25, -0.2) is 4.98 Å². The summed E-state index contributed by atoms with van der Waals surface area (Å²) in [6.07, 6.45) is 6.01. The first-order valence-electron chi connectivity index (χ1n) is 3.93. The Labute approximate surface area is 69.7 Å². The molecular formula is C7H9N5. The molecule has 2 rings (SSSR count). The predicted octanol–water partition coefficient (Wildman–Crippen LogP) is 2.03. The molecule has 1 aliphatic rings. The third kappa shape index (κ3) is 1.26. The van der Waals surface area contributed by atoms with E-state index >= 15 is 0 Å². The molecule has 1 aliphatic carbocycles. The number of hydrogen-bond donors (Lipinski definition) is 0. The van der Waals surface area contributed by atoms with Gasteiger partial charge < -0.3 is 4.57 Å².